The fraction of sp³-hybridized carbons (Fsp3) is 0.368. The molecule has 0 spiro atoms. The summed E-state index contributed by atoms with van der Waals surface area (Å²) in [7, 11) is -1.96. The normalized spacial score (nSPS) is 20.1. The van der Waals surface area contributed by atoms with Crippen molar-refractivity contribution in [3.05, 3.63) is 48.5 Å². The van der Waals surface area contributed by atoms with Crippen LogP contribution in [0.4, 0.5) is 0 Å². The predicted molar refractivity (Wildman–Crippen MR) is 100 cm³/mol. The van der Waals surface area contributed by atoms with Gasteiger partial charge in [0.25, 0.3) is 0 Å². The highest BCUT2D eigenvalue weighted by Crippen LogP contribution is 2.28. The molecule has 7 heteroatoms. The van der Waals surface area contributed by atoms with Gasteiger partial charge < -0.3 is 15.2 Å². The Kier molecular flexibility index (Phi) is 5.80. The van der Waals surface area contributed by atoms with Crippen molar-refractivity contribution in [3.63, 3.8) is 0 Å². The molecule has 6 nitrogen and oxygen atoms in total. The van der Waals surface area contributed by atoms with Crippen molar-refractivity contribution in [2.75, 3.05) is 13.7 Å². The zero-order chi connectivity index (χ0) is 18.6. The van der Waals surface area contributed by atoms with Gasteiger partial charge in [0.1, 0.15) is 17.2 Å². The summed E-state index contributed by atoms with van der Waals surface area (Å²) in [6, 6.07) is 13.5. The van der Waals surface area contributed by atoms with E-state index >= 15 is 0 Å². The minimum Gasteiger partial charge on any atom is -0.497 e. The average Bonchev–Trinajstić information content (AvgIpc) is 3.09. The minimum atomic E-state index is -3.56. The average molecular weight is 376 g/mol. The topological polar surface area (TPSA) is 90.6 Å². The SMILES string of the molecule is COc1ccc(Oc2ccc(S(=O)(=O)NC3CCCC3CN)cc2)cc1. The third kappa shape index (κ3) is 4.35. The number of rotatable bonds is 7. The molecule has 2 aromatic rings. The van der Waals surface area contributed by atoms with E-state index < -0.39 is 10.0 Å². The summed E-state index contributed by atoms with van der Waals surface area (Å²) in [5, 5.41) is 0. The van der Waals surface area contributed by atoms with Crippen LogP contribution in [0.2, 0.25) is 0 Å². The first-order valence-electron chi connectivity index (χ1n) is 8.66. The van der Waals surface area contributed by atoms with E-state index in [9.17, 15) is 8.42 Å². The van der Waals surface area contributed by atoms with Crippen LogP contribution in [0.3, 0.4) is 0 Å². The number of sulfonamides is 1. The molecule has 1 fully saturated rings. The Bertz CT molecular complexity index is 820. The van der Waals surface area contributed by atoms with Crippen molar-refractivity contribution in [3.8, 4) is 17.2 Å². The number of ether oxygens (including phenoxy) is 2. The summed E-state index contributed by atoms with van der Waals surface area (Å²) < 4.78 is 38.8. The maximum Gasteiger partial charge on any atom is 0.240 e. The Morgan fingerprint density at radius 2 is 1.58 bits per heavy atom. The number of nitrogens with one attached hydrogen (secondary N) is 1. The van der Waals surface area contributed by atoms with Crippen molar-refractivity contribution in [1.82, 2.24) is 4.72 Å². The zero-order valence-corrected chi connectivity index (χ0v) is 15.5. The van der Waals surface area contributed by atoms with E-state index in [2.05, 4.69) is 4.72 Å². The summed E-state index contributed by atoms with van der Waals surface area (Å²) >= 11 is 0. The zero-order valence-electron chi connectivity index (χ0n) is 14.7. The van der Waals surface area contributed by atoms with E-state index in [-0.39, 0.29) is 16.9 Å². The van der Waals surface area contributed by atoms with Crippen LogP contribution in [0, 0.1) is 5.92 Å². The van der Waals surface area contributed by atoms with Gasteiger partial charge in [-0.25, -0.2) is 13.1 Å². The molecule has 0 radical (unpaired) electrons. The van der Waals surface area contributed by atoms with Crippen LogP contribution in [0.1, 0.15) is 19.3 Å². The third-order valence-corrected chi connectivity index (χ3v) is 6.20. The van der Waals surface area contributed by atoms with E-state index in [4.69, 9.17) is 15.2 Å². The second-order valence-electron chi connectivity index (χ2n) is 6.40. The molecule has 2 atom stereocenters. The highest BCUT2D eigenvalue weighted by Gasteiger charge is 2.30. The number of benzene rings is 2. The van der Waals surface area contributed by atoms with E-state index in [0.717, 1.165) is 25.0 Å². The van der Waals surface area contributed by atoms with Crippen LogP contribution in [-0.4, -0.2) is 28.1 Å². The fourth-order valence-electron chi connectivity index (χ4n) is 3.21. The smallest absolute Gasteiger partial charge is 0.240 e. The van der Waals surface area contributed by atoms with Gasteiger partial charge in [0, 0.05) is 6.04 Å². The number of methoxy groups -OCH3 is 1. The molecule has 0 heterocycles. The van der Waals surface area contributed by atoms with Gasteiger partial charge in [0.2, 0.25) is 10.0 Å². The van der Waals surface area contributed by atoms with Gasteiger partial charge in [-0.3, -0.25) is 0 Å². The molecule has 3 N–H and O–H groups in total. The quantitative estimate of drug-likeness (QED) is 0.775. The van der Waals surface area contributed by atoms with Gasteiger partial charge in [-0.15, -0.1) is 0 Å². The van der Waals surface area contributed by atoms with Crippen molar-refractivity contribution in [2.45, 2.75) is 30.2 Å². The van der Waals surface area contributed by atoms with Crippen LogP contribution in [-0.2, 0) is 10.0 Å². The molecule has 2 aromatic carbocycles. The molecule has 1 saturated carbocycles. The largest absolute Gasteiger partial charge is 0.497 e. The second-order valence-corrected chi connectivity index (χ2v) is 8.12. The maximum atomic E-state index is 12.6. The van der Waals surface area contributed by atoms with Crippen LogP contribution < -0.4 is 19.9 Å². The Morgan fingerprint density at radius 1 is 1.00 bits per heavy atom. The standard InChI is InChI=1S/C19H24N2O4S/c1-24-15-5-7-16(8-6-15)25-17-9-11-18(12-10-17)26(22,23)21-19-4-2-3-14(19)13-20/h5-12,14,19,21H,2-4,13,20H2,1H3. The van der Waals surface area contributed by atoms with Gasteiger partial charge in [-0.05, 0) is 73.8 Å². The molecular weight excluding hydrogens is 352 g/mol. The van der Waals surface area contributed by atoms with Crippen molar-refractivity contribution >= 4 is 10.0 Å². The van der Waals surface area contributed by atoms with Crippen LogP contribution in [0.25, 0.3) is 0 Å². The summed E-state index contributed by atoms with van der Waals surface area (Å²) in [6.45, 7) is 0.502. The Balaban J connectivity index is 1.67. The van der Waals surface area contributed by atoms with Crippen LogP contribution in [0.5, 0.6) is 17.2 Å². The first-order chi connectivity index (χ1) is 12.5. The van der Waals surface area contributed by atoms with Gasteiger partial charge in [-0.2, -0.15) is 0 Å². The lowest BCUT2D eigenvalue weighted by molar-refractivity contribution is 0.413. The van der Waals surface area contributed by atoms with Crippen molar-refractivity contribution in [2.24, 2.45) is 11.7 Å². The molecule has 0 aromatic heterocycles. The lowest BCUT2D eigenvalue weighted by Gasteiger charge is -2.19. The van der Waals surface area contributed by atoms with Gasteiger partial charge in [-0.1, -0.05) is 6.42 Å². The summed E-state index contributed by atoms with van der Waals surface area (Å²) in [4.78, 5) is 0.224. The van der Waals surface area contributed by atoms with E-state index in [1.165, 1.54) is 0 Å². The molecule has 0 bridgehead atoms. The Labute approximate surface area is 154 Å². The number of nitrogens with two attached hydrogens (primary N) is 1. The fourth-order valence-corrected chi connectivity index (χ4v) is 4.55. The number of hydrogen-bond acceptors (Lipinski definition) is 5. The Morgan fingerprint density at radius 3 is 2.15 bits per heavy atom. The van der Waals surface area contributed by atoms with E-state index in [0.29, 0.717) is 18.0 Å². The van der Waals surface area contributed by atoms with Gasteiger partial charge >= 0.3 is 0 Å². The molecule has 140 valence electrons. The summed E-state index contributed by atoms with van der Waals surface area (Å²) in [5.41, 5.74) is 5.73. The molecular formula is C19H24N2O4S. The monoisotopic (exact) mass is 376 g/mol. The molecule has 3 rings (SSSR count). The molecule has 2 unspecified atom stereocenters. The van der Waals surface area contributed by atoms with Gasteiger partial charge in [0.15, 0.2) is 0 Å². The lowest BCUT2D eigenvalue weighted by Crippen LogP contribution is -2.39. The van der Waals surface area contributed by atoms with E-state index in [1.807, 2.05) is 0 Å². The van der Waals surface area contributed by atoms with Crippen LogP contribution in [0.15, 0.2) is 53.4 Å². The third-order valence-electron chi connectivity index (χ3n) is 4.70. The molecule has 1 aliphatic carbocycles. The second kappa shape index (κ2) is 8.07. The molecule has 0 saturated heterocycles. The lowest BCUT2D eigenvalue weighted by atomic mass is 10.1. The van der Waals surface area contributed by atoms with Crippen molar-refractivity contribution < 1.29 is 17.9 Å². The van der Waals surface area contributed by atoms with Gasteiger partial charge in [0.05, 0.1) is 12.0 Å². The van der Waals surface area contributed by atoms with Crippen molar-refractivity contribution in [1.29, 1.82) is 0 Å². The van der Waals surface area contributed by atoms with E-state index in [1.54, 1.807) is 55.6 Å². The molecule has 26 heavy (non-hydrogen) atoms. The summed E-state index contributed by atoms with van der Waals surface area (Å²) in [6.07, 6.45) is 2.81. The van der Waals surface area contributed by atoms with Crippen LogP contribution >= 0.6 is 0 Å². The molecule has 0 aliphatic heterocycles. The number of hydrogen-bond donors (Lipinski definition) is 2. The summed E-state index contributed by atoms with van der Waals surface area (Å²) in [5.74, 6) is 2.17. The molecule has 0 amide bonds. The maximum absolute atomic E-state index is 12.6. The highest BCUT2D eigenvalue weighted by molar-refractivity contribution is 7.89. The first kappa shape index (κ1) is 18.7. The Hall–Kier alpha value is -2.09. The minimum absolute atomic E-state index is 0.0831. The first-order valence-corrected chi connectivity index (χ1v) is 10.1. The molecule has 1 aliphatic rings. The highest BCUT2D eigenvalue weighted by atomic mass is 32.2. The predicted octanol–water partition coefficient (Wildman–Crippen LogP) is 2.89.